The number of pyridine rings is 2. The van der Waals surface area contributed by atoms with Crippen molar-refractivity contribution in [1.82, 2.24) is 9.97 Å². The van der Waals surface area contributed by atoms with Crippen molar-refractivity contribution >= 4 is 17.6 Å². The fourth-order valence-electron chi connectivity index (χ4n) is 2.34. The number of nitrogens with zero attached hydrogens (tertiary/aromatic N) is 4. The Morgan fingerprint density at radius 1 is 0.870 bits per heavy atom. The Morgan fingerprint density at radius 3 is 2.43 bits per heavy atom. The molecule has 0 spiro atoms. The van der Waals surface area contributed by atoms with Gasteiger partial charge in [0.1, 0.15) is 0 Å². The van der Waals surface area contributed by atoms with Crippen LogP contribution in [0.2, 0.25) is 0 Å². The van der Waals surface area contributed by atoms with E-state index in [0.29, 0.717) is 0 Å². The first kappa shape index (κ1) is 14.9. The van der Waals surface area contributed by atoms with Crippen LogP contribution in [0.5, 0.6) is 0 Å². The normalized spacial score (nSPS) is 10.9. The topological polar surface area (TPSA) is 41.4 Å². The van der Waals surface area contributed by atoms with Crippen LogP contribution in [-0.2, 0) is 0 Å². The molecule has 0 saturated carbocycles. The zero-order valence-corrected chi connectivity index (χ0v) is 13.2. The molecule has 0 amide bonds. The molecule has 0 fully saturated rings. The Labute approximate surface area is 136 Å². The first-order valence-electron chi connectivity index (χ1n) is 7.42. The Hall–Kier alpha value is -3.01. The summed E-state index contributed by atoms with van der Waals surface area (Å²) in [6.07, 6.45) is 5.34. The second-order valence-corrected chi connectivity index (χ2v) is 5.30. The molecular formula is C19H18N4. The lowest BCUT2D eigenvalue weighted by atomic mass is 10.1. The number of para-hydroxylation sites is 1. The number of rotatable bonds is 4. The van der Waals surface area contributed by atoms with E-state index >= 15 is 0 Å². The number of aromatic nitrogens is 2. The second-order valence-electron chi connectivity index (χ2n) is 5.30. The molecule has 0 saturated heterocycles. The van der Waals surface area contributed by atoms with Gasteiger partial charge in [0.15, 0.2) is 0 Å². The van der Waals surface area contributed by atoms with Crippen LogP contribution >= 0.6 is 0 Å². The number of hydrogen-bond donors (Lipinski definition) is 0. The summed E-state index contributed by atoms with van der Waals surface area (Å²) < 4.78 is 0. The fourth-order valence-corrected chi connectivity index (χ4v) is 2.34. The van der Waals surface area contributed by atoms with E-state index in [9.17, 15) is 0 Å². The third-order valence-electron chi connectivity index (χ3n) is 3.45. The highest BCUT2D eigenvalue weighted by molar-refractivity contribution is 5.86. The quantitative estimate of drug-likeness (QED) is 0.685. The highest BCUT2D eigenvalue weighted by Crippen LogP contribution is 2.34. The lowest BCUT2D eigenvalue weighted by molar-refractivity contribution is 1.11. The minimum absolute atomic E-state index is 0.830. The average molecular weight is 302 g/mol. The van der Waals surface area contributed by atoms with Crippen molar-refractivity contribution in [1.29, 1.82) is 0 Å². The minimum Gasteiger partial charge on any atom is -0.376 e. The molecule has 2 aromatic heterocycles. The Balaban J connectivity index is 2.04. The molecule has 4 heteroatoms. The van der Waals surface area contributed by atoms with E-state index in [1.807, 2.05) is 68.8 Å². The number of anilines is 1. The van der Waals surface area contributed by atoms with Gasteiger partial charge in [-0.3, -0.25) is 15.0 Å². The van der Waals surface area contributed by atoms with Gasteiger partial charge in [-0.2, -0.15) is 0 Å². The van der Waals surface area contributed by atoms with Gasteiger partial charge in [0.25, 0.3) is 0 Å². The zero-order valence-electron chi connectivity index (χ0n) is 13.2. The molecule has 0 aliphatic heterocycles. The Kier molecular flexibility index (Phi) is 4.43. The maximum absolute atomic E-state index is 4.61. The van der Waals surface area contributed by atoms with Crippen molar-refractivity contribution in [2.75, 3.05) is 19.0 Å². The van der Waals surface area contributed by atoms with Crippen LogP contribution in [0.3, 0.4) is 0 Å². The summed E-state index contributed by atoms with van der Waals surface area (Å²) >= 11 is 0. The van der Waals surface area contributed by atoms with Gasteiger partial charge in [-0.05, 0) is 30.3 Å². The highest BCUT2D eigenvalue weighted by Gasteiger charge is 2.11. The Morgan fingerprint density at radius 2 is 1.65 bits per heavy atom. The third kappa shape index (κ3) is 3.43. The summed E-state index contributed by atoms with van der Waals surface area (Å²) in [7, 11) is 4.03. The molecule has 3 aromatic rings. The lowest BCUT2D eigenvalue weighted by Gasteiger charge is -2.17. The summed E-state index contributed by atoms with van der Waals surface area (Å²) in [4.78, 5) is 15.5. The molecule has 3 rings (SSSR count). The standard InChI is InChI=1S/C19H18N4/c1-23(2)18-11-7-13-21-19(18)16-9-3-4-10-17(16)22-14-15-8-5-6-12-20-15/h3-14H,1-2H3. The second kappa shape index (κ2) is 6.83. The van der Waals surface area contributed by atoms with E-state index in [0.717, 1.165) is 28.3 Å². The predicted molar refractivity (Wildman–Crippen MR) is 95.5 cm³/mol. The van der Waals surface area contributed by atoms with E-state index in [1.165, 1.54) is 0 Å². The molecule has 0 aliphatic rings. The van der Waals surface area contributed by atoms with Crippen molar-refractivity contribution in [3.05, 3.63) is 72.7 Å². The first-order valence-corrected chi connectivity index (χ1v) is 7.42. The van der Waals surface area contributed by atoms with Crippen molar-refractivity contribution in [3.63, 3.8) is 0 Å². The summed E-state index contributed by atoms with van der Waals surface area (Å²) in [6, 6.07) is 17.8. The molecule has 114 valence electrons. The van der Waals surface area contributed by atoms with Gasteiger partial charge in [-0.25, -0.2) is 0 Å². The molecule has 0 N–H and O–H groups in total. The predicted octanol–water partition coefficient (Wildman–Crippen LogP) is 3.96. The molecule has 4 nitrogen and oxygen atoms in total. The molecular weight excluding hydrogens is 284 g/mol. The van der Waals surface area contributed by atoms with E-state index in [-0.39, 0.29) is 0 Å². The average Bonchev–Trinajstić information content (AvgIpc) is 2.61. The van der Waals surface area contributed by atoms with E-state index in [1.54, 1.807) is 12.4 Å². The smallest absolute Gasteiger partial charge is 0.0956 e. The van der Waals surface area contributed by atoms with Crippen molar-refractivity contribution in [2.45, 2.75) is 0 Å². The van der Waals surface area contributed by atoms with Gasteiger partial charge in [-0.15, -0.1) is 0 Å². The van der Waals surface area contributed by atoms with E-state index in [4.69, 9.17) is 0 Å². The zero-order chi connectivity index (χ0) is 16.1. The van der Waals surface area contributed by atoms with Gasteiger partial charge in [0.2, 0.25) is 0 Å². The van der Waals surface area contributed by atoms with Gasteiger partial charge >= 0.3 is 0 Å². The highest BCUT2D eigenvalue weighted by atomic mass is 15.1. The maximum atomic E-state index is 4.61. The van der Waals surface area contributed by atoms with Crippen LogP contribution in [0.4, 0.5) is 11.4 Å². The summed E-state index contributed by atoms with van der Waals surface area (Å²) in [6.45, 7) is 0. The molecule has 0 unspecified atom stereocenters. The fraction of sp³-hybridized carbons (Fsp3) is 0.105. The summed E-state index contributed by atoms with van der Waals surface area (Å²) in [5.74, 6) is 0. The first-order chi connectivity index (χ1) is 11.3. The molecule has 0 bridgehead atoms. The molecule has 0 atom stereocenters. The Bertz CT molecular complexity index is 810. The molecule has 23 heavy (non-hydrogen) atoms. The van der Waals surface area contributed by atoms with E-state index < -0.39 is 0 Å². The molecule has 0 radical (unpaired) electrons. The molecule has 1 aromatic carbocycles. The van der Waals surface area contributed by atoms with Crippen LogP contribution < -0.4 is 4.90 Å². The van der Waals surface area contributed by atoms with E-state index in [2.05, 4.69) is 25.9 Å². The monoisotopic (exact) mass is 302 g/mol. The van der Waals surface area contributed by atoms with Crippen LogP contribution in [0, 0.1) is 0 Å². The van der Waals surface area contributed by atoms with Crippen LogP contribution in [-0.4, -0.2) is 30.3 Å². The van der Waals surface area contributed by atoms with Crippen LogP contribution in [0.15, 0.2) is 72.0 Å². The molecule has 2 heterocycles. The molecule has 0 aliphatic carbocycles. The maximum Gasteiger partial charge on any atom is 0.0956 e. The van der Waals surface area contributed by atoms with Crippen LogP contribution in [0.1, 0.15) is 5.69 Å². The van der Waals surface area contributed by atoms with Gasteiger partial charge < -0.3 is 4.90 Å². The van der Waals surface area contributed by atoms with Crippen molar-refractivity contribution in [2.24, 2.45) is 4.99 Å². The SMILES string of the molecule is CN(C)c1cccnc1-c1ccccc1N=Cc1ccccn1. The number of aliphatic imine (C=N–C) groups is 1. The minimum atomic E-state index is 0.830. The summed E-state index contributed by atoms with van der Waals surface area (Å²) in [5, 5.41) is 0. The number of benzene rings is 1. The summed E-state index contributed by atoms with van der Waals surface area (Å²) in [5.41, 5.74) is 4.69. The van der Waals surface area contributed by atoms with Crippen molar-refractivity contribution < 1.29 is 0 Å². The third-order valence-corrected chi connectivity index (χ3v) is 3.45. The lowest BCUT2D eigenvalue weighted by Crippen LogP contribution is -2.10. The largest absolute Gasteiger partial charge is 0.376 e. The van der Waals surface area contributed by atoms with Crippen LogP contribution in [0.25, 0.3) is 11.3 Å². The van der Waals surface area contributed by atoms with Crippen molar-refractivity contribution in [3.8, 4) is 11.3 Å². The van der Waals surface area contributed by atoms with Gasteiger partial charge in [0, 0.05) is 32.1 Å². The number of hydrogen-bond acceptors (Lipinski definition) is 4. The van der Waals surface area contributed by atoms with Gasteiger partial charge in [-0.1, -0.05) is 24.3 Å². The van der Waals surface area contributed by atoms with Gasteiger partial charge in [0.05, 0.1) is 29.0 Å².